The molecule has 2 rings (SSSR count). The normalized spacial score (nSPS) is 10.2. The number of H-pyrrole nitrogens is 1. The summed E-state index contributed by atoms with van der Waals surface area (Å²) in [5.41, 5.74) is -0.550. The number of nitrogens with zero attached hydrogens (tertiary/aromatic N) is 4. The third kappa shape index (κ3) is 1.57. The fourth-order valence-electron chi connectivity index (χ4n) is 0.837. The standard InChI is InChI=1S/C6H4ClN5O/c7-4-9-5(11-6(13)10-4)12-3-1-2-8-12/h1-3H,(H,9,10,11,13). The Morgan fingerprint density at radius 1 is 1.46 bits per heavy atom. The summed E-state index contributed by atoms with van der Waals surface area (Å²) in [5, 5.41) is 3.84. The summed E-state index contributed by atoms with van der Waals surface area (Å²) in [7, 11) is 0. The van der Waals surface area contributed by atoms with Crippen LogP contribution in [0.5, 0.6) is 0 Å². The Balaban J connectivity index is 2.59. The van der Waals surface area contributed by atoms with E-state index in [2.05, 4.69) is 20.1 Å². The summed E-state index contributed by atoms with van der Waals surface area (Å²) in [6.45, 7) is 0. The van der Waals surface area contributed by atoms with Gasteiger partial charge in [-0.15, -0.1) is 0 Å². The van der Waals surface area contributed by atoms with Crippen LogP contribution in [0.25, 0.3) is 5.95 Å². The predicted molar refractivity (Wildman–Crippen MR) is 44.8 cm³/mol. The van der Waals surface area contributed by atoms with Crippen LogP contribution in [0, 0.1) is 0 Å². The number of rotatable bonds is 1. The molecule has 0 aliphatic rings. The van der Waals surface area contributed by atoms with Crippen LogP contribution in [0.3, 0.4) is 0 Å². The molecule has 0 amide bonds. The third-order valence-electron chi connectivity index (χ3n) is 1.32. The Morgan fingerprint density at radius 2 is 2.31 bits per heavy atom. The number of halogens is 1. The van der Waals surface area contributed by atoms with Crippen LogP contribution in [0.2, 0.25) is 5.28 Å². The van der Waals surface area contributed by atoms with E-state index in [1.165, 1.54) is 4.68 Å². The summed E-state index contributed by atoms with van der Waals surface area (Å²) in [6, 6.07) is 1.69. The van der Waals surface area contributed by atoms with E-state index in [-0.39, 0.29) is 11.2 Å². The molecule has 0 saturated heterocycles. The molecule has 0 spiro atoms. The van der Waals surface area contributed by atoms with Crippen molar-refractivity contribution in [2.75, 3.05) is 0 Å². The molecule has 0 unspecified atom stereocenters. The van der Waals surface area contributed by atoms with E-state index in [0.29, 0.717) is 0 Å². The highest BCUT2D eigenvalue weighted by Gasteiger charge is 2.02. The van der Waals surface area contributed by atoms with Gasteiger partial charge in [0.1, 0.15) is 0 Å². The van der Waals surface area contributed by atoms with Gasteiger partial charge in [0.25, 0.3) is 5.95 Å². The fourth-order valence-corrected chi connectivity index (χ4v) is 0.994. The molecule has 2 aromatic rings. The predicted octanol–water partition coefficient (Wildman–Crippen LogP) is 0.00400. The lowest BCUT2D eigenvalue weighted by atomic mass is 10.7. The molecule has 0 aromatic carbocycles. The molecule has 13 heavy (non-hydrogen) atoms. The Hall–Kier alpha value is -1.69. The molecule has 2 heterocycles. The van der Waals surface area contributed by atoms with Crippen molar-refractivity contribution in [2.24, 2.45) is 0 Å². The highest BCUT2D eigenvalue weighted by atomic mass is 35.5. The second-order valence-corrected chi connectivity index (χ2v) is 2.55. The van der Waals surface area contributed by atoms with E-state index in [1.54, 1.807) is 18.5 Å². The third-order valence-corrected chi connectivity index (χ3v) is 1.50. The maximum absolute atomic E-state index is 10.9. The van der Waals surface area contributed by atoms with Crippen LogP contribution >= 0.6 is 11.6 Å². The minimum Gasteiger partial charge on any atom is -0.280 e. The van der Waals surface area contributed by atoms with Gasteiger partial charge >= 0.3 is 5.69 Å². The van der Waals surface area contributed by atoms with Gasteiger partial charge in [0.2, 0.25) is 5.28 Å². The lowest BCUT2D eigenvalue weighted by Gasteiger charge is -1.96. The maximum Gasteiger partial charge on any atom is 0.350 e. The minimum absolute atomic E-state index is 0.00880. The van der Waals surface area contributed by atoms with Gasteiger partial charge in [0.05, 0.1) is 0 Å². The zero-order chi connectivity index (χ0) is 9.26. The highest BCUT2D eigenvalue weighted by molar-refractivity contribution is 6.28. The smallest absolute Gasteiger partial charge is 0.280 e. The molecular formula is C6H4ClN5O. The summed E-state index contributed by atoms with van der Waals surface area (Å²) in [6.07, 6.45) is 3.17. The molecule has 1 N–H and O–H groups in total. The van der Waals surface area contributed by atoms with Crippen molar-refractivity contribution in [3.05, 3.63) is 34.2 Å². The van der Waals surface area contributed by atoms with Crippen molar-refractivity contribution >= 4 is 11.6 Å². The van der Waals surface area contributed by atoms with Crippen molar-refractivity contribution in [1.29, 1.82) is 0 Å². The first kappa shape index (κ1) is 7.93. The molecule has 2 aromatic heterocycles. The molecule has 0 saturated carbocycles. The largest absolute Gasteiger partial charge is 0.350 e. The van der Waals surface area contributed by atoms with Crippen molar-refractivity contribution in [2.45, 2.75) is 0 Å². The van der Waals surface area contributed by atoms with Gasteiger partial charge < -0.3 is 0 Å². The van der Waals surface area contributed by atoms with Crippen LogP contribution < -0.4 is 5.69 Å². The van der Waals surface area contributed by atoms with E-state index in [1.807, 2.05) is 0 Å². The average molecular weight is 198 g/mol. The summed E-state index contributed by atoms with van der Waals surface area (Å²) in [4.78, 5) is 20.4. The van der Waals surface area contributed by atoms with E-state index in [4.69, 9.17) is 11.6 Å². The lowest BCUT2D eigenvalue weighted by Crippen LogP contribution is -2.16. The first-order chi connectivity index (χ1) is 6.25. The number of hydrogen-bond donors (Lipinski definition) is 1. The second kappa shape index (κ2) is 2.98. The first-order valence-electron chi connectivity index (χ1n) is 3.39. The van der Waals surface area contributed by atoms with Crippen molar-refractivity contribution in [1.82, 2.24) is 24.7 Å². The van der Waals surface area contributed by atoms with E-state index < -0.39 is 5.69 Å². The molecule has 0 bridgehead atoms. The summed E-state index contributed by atoms with van der Waals surface area (Å²) < 4.78 is 1.35. The van der Waals surface area contributed by atoms with Gasteiger partial charge in [0, 0.05) is 12.4 Å². The second-order valence-electron chi connectivity index (χ2n) is 2.20. The Labute approximate surface area is 77.2 Å². The number of aromatic amines is 1. The van der Waals surface area contributed by atoms with Crippen LogP contribution in [0.1, 0.15) is 0 Å². The minimum atomic E-state index is -0.550. The van der Waals surface area contributed by atoms with Gasteiger partial charge in [0.15, 0.2) is 0 Å². The zero-order valence-electron chi connectivity index (χ0n) is 6.31. The van der Waals surface area contributed by atoms with Gasteiger partial charge in [-0.25, -0.2) is 9.48 Å². The van der Waals surface area contributed by atoms with Gasteiger partial charge in [-0.2, -0.15) is 15.1 Å². The van der Waals surface area contributed by atoms with Gasteiger partial charge in [-0.05, 0) is 17.7 Å². The fraction of sp³-hybridized carbons (Fsp3) is 0. The number of nitrogens with one attached hydrogen (secondary N) is 1. The van der Waals surface area contributed by atoms with Crippen LogP contribution in [-0.4, -0.2) is 24.7 Å². The first-order valence-corrected chi connectivity index (χ1v) is 3.77. The summed E-state index contributed by atoms with van der Waals surface area (Å²) >= 11 is 5.52. The SMILES string of the molecule is O=c1nc(-n2cccn2)nc(Cl)[nH]1. The molecule has 0 aliphatic heterocycles. The number of aromatic nitrogens is 5. The van der Waals surface area contributed by atoms with Crippen LogP contribution in [0.4, 0.5) is 0 Å². The van der Waals surface area contributed by atoms with E-state index in [0.717, 1.165) is 0 Å². The molecule has 6 nitrogen and oxygen atoms in total. The highest BCUT2D eigenvalue weighted by Crippen LogP contribution is 1.99. The molecule has 7 heteroatoms. The van der Waals surface area contributed by atoms with E-state index in [9.17, 15) is 4.79 Å². The molecule has 0 radical (unpaired) electrons. The summed E-state index contributed by atoms with van der Waals surface area (Å²) in [5.74, 6) is 0.152. The Kier molecular flexibility index (Phi) is 1.82. The monoisotopic (exact) mass is 197 g/mol. The molecule has 0 atom stereocenters. The van der Waals surface area contributed by atoms with Gasteiger partial charge in [-0.1, -0.05) is 0 Å². The number of hydrogen-bond acceptors (Lipinski definition) is 4. The topological polar surface area (TPSA) is 76.5 Å². The average Bonchev–Trinajstić information content (AvgIpc) is 2.53. The van der Waals surface area contributed by atoms with Crippen LogP contribution in [-0.2, 0) is 0 Å². The molecule has 0 fully saturated rings. The van der Waals surface area contributed by atoms with E-state index >= 15 is 0 Å². The van der Waals surface area contributed by atoms with Crippen molar-refractivity contribution < 1.29 is 0 Å². The Morgan fingerprint density at radius 3 is 2.92 bits per heavy atom. The zero-order valence-corrected chi connectivity index (χ0v) is 7.06. The van der Waals surface area contributed by atoms with Crippen molar-refractivity contribution in [3.8, 4) is 5.95 Å². The quantitative estimate of drug-likeness (QED) is 0.699. The van der Waals surface area contributed by atoms with Gasteiger partial charge in [-0.3, -0.25) is 4.98 Å². The molecule has 0 aliphatic carbocycles. The molecular weight excluding hydrogens is 194 g/mol. The maximum atomic E-state index is 10.9. The Bertz CT molecular complexity index is 462. The lowest BCUT2D eigenvalue weighted by molar-refractivity contribution is 0.782. The van der Waals surface area contributed by atoms with Crippen LogP contribution in [0.15, 0.2) is 23.3 Å². The molecule has 66 valence electrons. The van der Waals surface area contributed by atoms with Crippen molar-refractivity contribution in [3.63, 3.8) is 0 Å².